The Bertz CT molecular complexity index is 686. The summed E-state index contributed by atoms with van der Waals surface area (Å²) < 4.78 is 10.7. The number of carbonyl (C=O) groups is 1. The first-order chi connectivity index (χ1) is 12.6. The zero-order chi connectivity index (χ0) is 18.9. The zero-order valence-corrected chi connectivity index (χ0v) is 16.9. The van der Waals surface area contributed by atoms with Crippen LogP contribution in [0.3, 0.4) is 0 Å². The van der Waals surface area contributed by atoms with Crippen molar-refractivity contribution in [1.29, 1.82) is 0 Å². The van der Waals surface area contributed by atoms with Crippen molar-refractivity contribution in [3.8, 4) is 11.5 Å². The number of benzene rings is 1. The lowest BCUT2D eigenvalue weighted by atomic mass is 10.1. The smallest absolute Gasteiger partial charge is 0.266 e. The topological polar surface area (TPSA) is 51.1 Å². The number of rotatable bonds is 9. The molecule has 1 heterocycles. The summed E-state index contributed by atoms with van der Waals surface area (Å²) in [6.45, 7) is 5.73. The van der Waals surface area contributed by atoms with Gasteiger partial charge in [-0.25, -0.2) is 0 Å². The molecule has 0 spiro atoms. The molecule has 0 unspecified atom stereocenters. The molecule has 0 bridgehead atoms. The Kier molecular flexibility index (Phi) is 8.04. The number of thioether (sulfide) groups is 1. The molecule has 1 aromatic carbocycles. The third-order valence-electron chi connectivity index (χ3n) is 4.11. The summed E-state index contributed by atoms with van der Waals surface area (Å²) >= 11 is 1.45. The van der Waals surface area contributed by atoms with Crippen molar-refractivity contribution < 1.29 is 14.3 Å². The highest BCUT2D eigenvalue weighted by atomic mass is 32.2. The Hall–Kier alpha value is -1.95. The lowest BCUT2D eigenvalue weighted by Crippen LogP contribution is -2.30. The van der Waals surface area contributed by atoms with E-state index in [1.54, 1.807) is 14.2 Å². The molecule has 5 nitrogen and oxygen atoms in total. The lowest BCUT2D eigenvalue weighted by Gasteiger charge is -2.14. The second-order valence-corrected chi connectivity index (χ2v) is 7.06. The minimum Gasteiger partial charge on any atom is -0.497 e. The standard InChI is InChI=1S/C20H28N2O3S/c1-5-7-11-21-20-22(12-8-6-2)19(23)18(26-20)14-15-13-16(24-3)9-10-17(15)25-4/h9-10,13-14H,5-8,11-12H2,1-4H3/b18-14-,21-20?. The summed E-state index contributed by atoms with van der Waals surface area (Å²) in [6.07, 6.45) is 6.00. The first-order valence-corrected chi connectivity index (χ1v) is 9.94. The van der Waals surface area contributed by atoms with Gasteiger partial charge in [-0.15, -0.1) is 0 Å². The number of carbonyl (C=O) groups excluding carboxylic acids is 1. The maximum atomic E-state index is 12.9. The molecule has 6 heteroatoms. The largest absolute Gasteiger partial charge is 0.497 e. The van der Waals surface area contributed by atoms with Crippen LogP contribution < -0.4 is 9.47 Å². The molecule has 1 aromatic rings. The van der Waals surface area contributed by atoms with Gasteiger partial charge < -0.3 is 9.47 Å². The number of ether oxygens (including phenoxy) is 2. The number of amidine groups is 1. The van der Waals surface area contributed by atoms with Gasteiger partial charge in [0.1, 0.15) is 11.5 Å². The number of aliphatic imine (C=N–C) groups is 1. The summed E-state index contributed by atoms with van der Waals surface area (Å²) in [6, 6.07) is 5.57. The molecule has 0 radical (unpaired) electrons. The van der Waals surface area contributed by atoms with Gasteiger partial charge in [0.15, 0.2) is 5.17 Å². The molecule has 1 fully saturated rings. The Morgan fingerprint density at radius 2 is 1.92 bits per heavy atom. The number of methoxy groups -OCH3 is 2. The minimum absolute atomic E-state index is 0.0172. The van der Waals surface area contributed by atoms with Gasteiger partial charge in [-0.05, 0) is 48.9 Å². The van der Waals surface area contributed by atoms with Gasteiger partial charge >= 0.3 is 0 Å². The highest BCUT2D eigenvalue weighted by Gasteiger charge is 2.32. The molecule has 1 aliphatic heterocycles. The molecule has 0 N–H and O–H groups in total. The fraction of sp³-hybridized carbons (Fsp3) is 0.500. The van der Waals surface area contributed by atoms with Crippen LogP contribution in [0.5, 0.6) is 11.5 Å². The van der Waals surface area contributed by atoms with Crippen molar-refractivity contribution in [2.45, 2.75) is 39.5 Å². The van der Waals surface area contributed by atoms with E-state index in [2.05, 4.69) is 18.8 Å². The molecule has 0 atom stereocenters. The summed E-state index contributed by atoms with van der Waals surface area (Å²) in [5, 5.41) is 0.810. The first kappa shape index (κ1) is 20.4. The second kappa shape index (κ2) is 10.3. The maximum Gasteiger partial charge on any atom is 0.266 e. The lowest BCUT2D eigenvalue weighted by molar-refractivity contribution is -0.122. The van der Waals surface area contributed by atoms with Crippen LogP contribution in [0.2, 0.25) is 0 Å². The van der Waals surface area contributed by atoms with Crippen molar-refractivity contribution in [2.75, 3.05) is 27.3 Å². The number of amides is 1. The number of unbranched alkanes of at least 4 members (excludes halogenated alkanes) is 2. The van der Waals surface area contributed by atoms with Gasteiger partial charge in [-0.1, -0.05) is 26.7 Å². The summed E-state index contributed by atoms with van der Waals surface area (Å²) in [5.41, 5.74) is 0.827. The van der Waals surface area contributed by atoms with Crippen molar-refractivity contribution in [3.05, 3.63) is 28.7 Å². The summed E-state index contributed by atoms with van der Waals surface area (Å²) in [4.78, 5) is 20.0. The van der Waals surface area contributed by atoms with Crippen LogP contribution in [-0.2, 0) is 4.79 Å². The second-order valence-electron chi connectivity index (χ2n) is 6.05. The fourth-order valence-corrected chi connectivity index (χ4v) is 3.59. The zero-order valence-electron chi connectivity index (χ0n) is 16.1. The van der Waals surface area contributed by atoms with Gasteiger partial charge in [0.25, 0.3) is 5.91 Å². The Balaban J connectivity index is 2.32. The molecular weight excluding hydrogens is 348 g/mol. The maximum absolute atomic E-state index is 12.9. The summed E-state index contributed by atoms with van der Waals surface area (Å²) in [7, 11) is 3.25. The molecule has 0 saturated carbocycles. The predicted molar refractivity (Wildman–Crippen MR) is 109 cm³/mol. The van der Waals surface area contributed by atoms with Crippen LogP contribution in [0.4, 0.5) is 0 Å². The van der Waals surface area contributed by atoms with Crippen molar-refractivity contribution in [1.82, 2.24) is 4.90 Å². The number of hydrogen-bond donors (Lipinski definition) is 0. The third kappa shape index (κ3) is 5.04. The van der Waals surface area contributed by atoms with E-state index >= 15 is 0 Å². The Labute approximate surface area is 160 Å². The predicted octanol–water partition coefficient (Wildman–Crippen LogP) is 4.58. The highest BCUT2D eigenvalue weighted by molar-refractivity contribution is 8.18. The average molecular weight is 377 g/mol. The van der Waals surface area contributed by atoms with Crippen molar-refractivity contribution in [3.63, 3.8) is 0 Å². The van der Waals surface area contributed by atoms with Gasteiger partial charge in [0.2, 0.25) is 0 Å². The van der Waals surface area contributed by atoms with Crippen LogP contribution in [0.25, 0.3) is 6.08 Å². The Morgan fingerprint density at radius 3 is 2.58 bits per heavy atom. The molecule has 0 aliphatic carbocycles. The van der Waals surface area contributed by atoms with Gasteiger partial charge in [-0.2, -0.15) is 0 Å². The first-order valence-electron chi connectivity index (χ1n) is 9.12. The Morgan fingerprint density at radius 1 is 1.15 bits per heavy atom. The molecule has 1 amide bonds. The molecular formula is C20H28N2O3S. The third-order valence-corrected chi connectivity index (χ3v) is 5.15. The monoisotopic (exact) mass is 376 g/mol. The highest BCUT2D eigenvalue weighted by Crippen LogP contribution is 2.35. The van der Waals surface area contributed by atoms with Crippen LogP contribution in [0.1, 0.15) is 45.1 Å². The normalized spacial score (nSPS) is 17.4. The van der Waals surface area contributed by atoms with E-state index in [0.717, 1.165) is 48.7 Å². The molecule has 26 heavy (non-hydrogen) atoms. The molecule has 0 aromatic heterocycles. The molecule has 142 valence electrons. The molecule has 2 rings (SSSR count). The van der Waals surface area contributed by atoms with E-state index in [4.69, 9.17) is 9.47 Å². The average Bonchev–Trinajstić information content (AvgIpc) is 2.95. The molecule has 1 aliphatic rings. The van der Waals surface area contributed by atoms with E-state index in [-0.39, 0.29) is 5.91 Å². The van der Waals surface area contributed by atoms with Gasteiger partial charge in [0, 0.05) is 18.7 Å². The van der Waals surface area contributed by atoms with Crippen molar-refractivity contribution >= 4 is 28.9 Å². The van der Waals surface area contributed by atoms with Crippen LogP contribution in [0.15, 0.2) is 28.1 Å². The van der Waals surface area contributed by atoms with E-state index in [0.29, 0.717) is 17.2 Å². The number of hydrogen-bond acceptors (Lipinski definition) is 5. The van der Waals surface area contributed by atoms with Crippen LogP contribution in [-0.4, -0.2) is 43.3 Å². The van der Waals surface area contributed by atoms with Gasteiger partial charge in [-0.3, -0.25) is 14.7 Å². The van der Waals surface area contributed by atoms with E-state index in [1.807, 2.05) is 29.2 Å². The molecule has 1 saturated heterocycles. The SMILES string of the molecule is CCCCN=C1S/C(=C\c2cc(OC)ccc2OC)C(=O)N1CCCC. The van der Waals surface area contributed by atoms with Crippen molar-refractivity contribution in [2.24, 2.45) is 4.99 Å². The quantitative estimate of drug-likeness (QED) is 0.468. The van der Waals surface area contributed by atoms with E-state index in [1.165, 1.54) is 11.8 Å². The van der Waals surface area contributed by atoms with E-state index in [9.17, 15) is 4.79 Å². The summed E-state index contributed by atoms with van der Waals surface area (Å²) in [5.74, 6) is 1.46. The van der Waals surface area contributed by atoms with Crippen LogP contribution in [0, 0.1) is 0 Å². The number of nitrogens with zero attached hydrogens (tertiary/aromatic N) is 2. The minimum atomic E-state index is 0.0172. The van der Waals surface area contributed by atoms with Gasteiger partial charge in [0.05, 0.1) is 19.1 Å². The van der Waals surface area contributed by atoms with Crippen LogP contribution >= 0.6 is 11.8 Å². The van der Waals surface area contributed by atoms with E-state index < -0.39 is 0 Å². The fourth-order valence-electron chi connectivity index (χ4n) is 2.57.